The summed E-state index contributed by atoms with van der Waals surface area (Å²) in [6, 6.07) is 14.3. The molecule has 0 amide bonds. The average molecular weight is 309 g/mol. The summed E-state index contributed by atoms with van der Waals surface area (Å²) < 4.78 is 9.97. The molecule has 1 aromatic heterocycles. The summed E-state index contributed by atoms with van der Waals surface area (Å²) in [6.45, 7) is 0.139. The van der Waals surface area contributed by atoms with Crippen molar-refractivity contribution in [1.29, 1.82) is 0 Å². The highest BCUT2D eigenvalue weighted by Gasteiger charge is 2.13. The number of nitrogens with one attached hydrogen (secondary N) is 1. The molecule has 0 saturated carbocycles. The monoisotopic (exact) mass is 309 g/mol. The Morgan fingerprint density at radius 1 is 1.00 bits per heavy atom. The smallest absolute Gasteiger partial charge is 0.340 e. The third-order valence-electron chi connectivity index (χ3n) is 3.55. The predicted molar refractivity (Wildman–Crippen MR) is 85.2 cm³/mol. The van der Waals surface area contributed by atoms with Gasteiger partial charge in [0.25, 0.3) is 0 Å². The number of carbonyl (C=O) groups is 2. The van der Waals surface area contributed by atoms with Crippen molar-refractivity contribution in [2.45, 2.75) is 6.61 Å². The zero-order chi connectivity index (χ0) is 16.2. The highest BCUT2D eigenvalue weighted by molar-refractivity contribution is 6.04. The number of para-hydroxylation sites is 1. The maximum Gasteiger partial charge on any atom is 0.340 e. The number of ether oxygens (including phenoxy) is 2. The van der Waals surface area contributed by atoms with Gasteiger partial charge in [-0.1, -0.05) is 30.3 Å². The number of fused-ring (bicyclic) bond motifs is 1. The molecule has 0 atom stereocenters. The molecule has 23 heavy (non-hydrogen) atoms. The van der Waals surface area contributed by atoms with Crippen LogP contribution in [0.5, 0.6) is 0 Å². The van der Waals surface area contributed by atoms with E-state index in [2.05, 4.69) is 9.72 Å². The van der Waals surface area contributed by atoms with E-state index in [4.69, 9.17) is 4.74 Å². The average Bonchev–Trinajstić information content (AvgIpc) is 3.03. The van der Waals surface area contributed by atoms with Crippen molar-refractivity contribution in [2.24, 2.45) is 0 Å². The van der Waals surface area contributed by atoms with Gasteiger partial charge in [-0.3, -0.25) is 0 Å². The number of hydrogen-bond donors (Lipinski definition) is 1. The van der Waals surface area contributed by atoms with Gasteiger partial charge >= 0.3 is 11.9 Å². The molecule has 116 valence electrons. The van der Waals surface area contributed by atoms with E-state index in [-0.39, 0.29) is 12.6 Å². The lowest BCUT2D eigenvalue weighted by molar-refractivity contribution is 0.0474. The molecule has 0 aliphatic heterocycles. The number of aromatic amines is 1. The number of methoxy groups -OCH3 is 1. The van der Waals surface area contributed by atoms with Crippen molar-refractivity contribution in [3.8, 4) is 0 Å². The Morgan fingerprint density at radius 2 is 1.74 bits per heavy atom. The Labute approximate surface area is 132 Å². The molecule has 1 N–H and O–H groups in total. The molecule has 0 fully saturated rings. The van der Waals surface area contributed by atoms with E-state index in [0.29, 0.717) is 11.1 Å². The van der Waals surface area contributed by atoms with Gasteiger partial charge < -0.3 is 14.5 Å². The van der Waals surface area contributed by atoms with E-state index in [1.54, 1.807) is 30.5 Å². The summed E-state index contributed by atoms with van der Waals surface area (Å²) >= 11 is 0. The number of esters is 2. The first-order chi connectivity index (χ1) is 11.2. The van der Waals surface area contributed by atoms with Crippen LogP contribution in [-0.2, 0) is 16.1 Å². The molecular formula is C18H15NO4. The van der Waals surface area contributed by atoms with E-state index in [1.807, 2.05) is 24.3 Å². The van der Waals surface area contributed by atoms with Crippen LogP contribution in [0.3, 0.4) is 0 Å². The van der Waals surface area contributed by atoms with Gasteiger partial charge in [0.15, 0.2) is 0 Å². The number of aromatic nitrogens is 1. The fourth-order valence-electron chi connectivity index (χ4n) is 2.32. The van der Waals surface area contributed by atoms with Gasteiger partial charge in [0, 0.05) is 17.1 Å². The van der Waals surface area contributed by atoms with Crippen molar-refractivity contribution in [1.82, 2.24) is 4.98 Å². The second kappa shape index (κ2) is 6.36. The number of rotatable bonds is 4. The second-order valence-electron chi connectivity index (χ2n) is 5.01. The van der Waals surface area contributed by atoms with Gasteiger partial charge in [-0.05, 0) is 23.8 Å². The Morgan fingerprint density at radius 3 is 2.48 bits per heavy atom. The fourth-order valence-corrected chi connectivity index (χ4v) is 2.32. The topological polar surface area (TPSA) is 68.4 Å². The first-order valence-electron chi connectivity index (χ1n) is 7.09. The van der Waals surface area contributed by atoms with Gasteiger partial charge in [0.2, 0.25) is 0 Å². The molecule has 5 heteroatoms. The highest BCUT2D eigenvalue weighted by Crippen LogP contribution is 2.19. The summed E-state index contributed by atoms with van der Waals surface area (Å²) in [7, 11) is 1.33. The zero-order valence-electron chi connectivity index (χ0n) is 12.5. The van der Waals surface area contributed by atoms with Crippen molar-refractivity contribution in [3.63, 3.8) is 0 Å². The molecule has 0 radical (unpaired) electrons. The summed E-state index contributed by atoms with van der Waals surface area (Å²) in [5.74, 6) is -0.785. The summed E-state index contributed by atoms with van der Waals surface area (Å²) in [4.78, 5) is 26.6. The quantitative estimate of drug-likeness (QED) is 0.751. The van der Waals surface area contributed by atoms with E-state index in [9.17, 15) is 9.59 Å². The number of H-pyrrole nitrogens is 1. The molecule has 5 nitrogen and oxygen atoms in total. The standard InChI is InChI=1S/C18H15NO4/c1-22-17(20)13-8-6-12(7-9-13)11-23-18(21)15-10-19-16-5-3-2-4-14(15)16/h2-10,19H,11H2,1H3. The van der Waals surface area contributed by atoms with Crippen molar-refractivity contribution in [2.75, 3.05) is 7.11 Å². The van der Waals surface area contributed by atoms with E-state index < -0.39 is 5.97 Å². The molecule has 0 spiro atoms. The lowest BCUT2D eigenvalue weighted by atomic mass is 10.1. The van der Waals surface area contributed by atoms with Gasteiger partial charge in [-0.25, -0.2) is 9.59 Å². The van der Waals surface area contributed by atoms with Crippen LogP contribution in [0.1, 0.15) is 26.3 Å². The first-order valence-corrected chi connectivity index (χ1v) is 7.09. The van der Waals surface area contributed by atoms with Crippen molar-refractivity contribution >= 4 is 22.8 Å². The third-order valence-corrected chi connectivity index (χ3v) is 3.55. The molecule has 1 heterocycles. The second-order valence-corrected chi connectivity index (χ2v) is 5.01. The minimum Gasteiger partial charge on any atom is -0.465 e. The van der Waals surface area contributed by atoms with E-state index in [1.165, 1.54) is 7.11 Å². The molecule has 2 aromatic carbocycles. The fraction of sp³-hybridized carbons (Fsp3) is 0.111. The summed E-state index contributed by atoms with van der Waals surface area (Å²) in [5.41, 5.74) is 2.65. The maximum absolute atomic E-state index is 12.2. The normalized spacial score (nSPS) is 10.5. The van der Waals surface area contributed by atoms with Crippen LogP contribution >= 0.6 is 0 Å². The maximum atomic E-state index is 12.2. The van der Waals surface area contributed by atoms with E-state index in [0.717, 1.165) is 16.5 Å². The predicted octanol–water partition coefficient (Wildman–Crippen LogP) is 3.31. The molecule has 0 aliphatic carbocycles. The van der Waals surface area contributed by atoms with Crippen molar-refractivity contribution < 1.29 is 19.1 Å². The molecule has 0 aliphatic rings. The Kier molecular flexibility index (Phi) is 4.10. The number of carbonyl (C=O) groups excluding carboxylic acids is 2. The van der Waals surface area contributed by atoms with Crippen LogP contribution in [0.15, 0.2) is 54.7 Å². The molecule has 0 unspecified atom stereocenters. The van der Waals surface area contributed by atoms with Gasteiger partial charge in [0.1, 0.15) is 6.61 Å². The summed E-state index contributed by atoms with van der Waals surface area (Å²) in [5, 5.41) is 0.832. The summed E-state index contributed by atoms with van der Waals surface area (Å²) in [6.07, 6.45) is 1.65. The molecule has 0 bridgehead atoms. The molecular weight excluding hydrogens is 294 g/mol. The number of hydrogen-bond acceptors (Lipinski definition) is 4. The lowest BCUT2D eigenvalue weighted by Gasteiger charge is -2.05. The molecule has 3 rings (SSSR count). The first kappa shape index (κ1) is 14.8. The third kappa shape index (κ3) is 3.08. The van der Waals surface area contributed by atoms with Crippen LogP contribution < -0.4 is 0 Å². The van der Waals surface area contributed by atoms with Crippen LogP contribution in [-0.4, -0.2) is 24.0 Å². The Hall–Kier alpha value is -3.08. The number of benzene rings is 2. The molecule has 0 saturated heterocycles. The van der Waals surface area contributed by atoms with Crippen molar-refractivity contribution in [3.05, 3.63) is 71.4 Å². The zero-order valence-corrected chi connectivity index (χ0v) is 12.5. The highest BCUT2D eigenvalue weighted by atomic mass is 16.5. The Balaban J connectivity index is 1.68. The van der Waals surface area contributed by atoms with E-state index >= 15 is 0 Å². The van der Waals surface area contributed by atoms with Crippen LogP contribution in [0.2, 0.25) is 0 Å². The lowest BCUT2D eigenvalue weighted by Crippen LogP contribution is -2.05. The largest absolute Gasteiger partial charge is 0.465 e. The van der Waals surface area contributed by atoms with Gasteiger partial charge in [-0.2, -0.15) is 0 Å². The van der Waals surface area contributed by atoms with Crippen LogP contribution in [0.25, 0.3) is 10.9 Å². The van der Waals surface area contributed by atoms with Gasteiger partial charge in [-0.15, -0.1) is 0 Å². The van der Waals surface area contributed by atoms with Crippen LogP contribution in [0, 0.1) is 0 Å². The minimum absolute atomic E-state index is 0.139. The minimum atomic E-state index is -0.396. The van der Waals surface area contributed by atoms with Gasteiger partial charge in [0.05, 0.1) is 18.2 Å². The Bertz CT molecular complexity index is 849. The molecule has 3 aromatic rings. The SMILES string of the molecule is COC(=O)c1ccc(COC(=O)c2c[nH]c3ccccc23)cc1. The van der Waals surface area contributed by atoms with Crippen LogP contribution in [0.4, 0.5) is 0 Å².